The second-order valence-corrected chi connectivity index (χ2v) is 6.04. The summed E-state index contributed by atoms with van der Waals surface area (Å²) in [5, 5.41) is 0. The minimum Gasteiger partial charge on any atom is -0.379 e. The van der Waals surface area contributed by atoms with E-state index in [0.717, 1.165) is 11.1 Å². The molecule has 2 rings (SSSR count). The van der Waals surface area contributed by atoms with Crippen molar-refractivity contribution < 1.29 is 12.6 Å². The number of benzene rings is 2. The van der Waals surface area contributed by atoms with Crippen LogP contribution in [0.2, 0.25) is 0 Å². The van der Waals surface area contributed by atoms with E-state index in [1.54, 1.807) is 36.4 Å². The highest BCUT2D eigenvalue weighted by molar-refractivity contribution is 7.87. The maximum atomic E-state index is 12.1. The molecule has 0 heterocycles. The molecule has 0 unspecified atom stereocenters. The lowest BCUT2D eigenvalue weighted by Crippen LogP contribution is -2.09. The molecule has 0 saturated carbocycles. The molecule has 3 nitrogen and oxygen atoms in total. The third-order valence-corrected chi connectivity index (χ3v) is 4.06. The van der Waals surface area contributed by atoms with Crippen molar-refractivity contribution >= 4 is 10.1 Å². The van der Waals surface area contributed by atoms with Crippen LogP contribution in [0.5, 0.6) is 5.75 Å². The summed E-state index contributed by atoms with van der Waals surface area (Å²) in [6.45, 7) is 5.56. The third-order valence-electron chi connectivity index (χ3n) is 2.79. The summed E-state index contributed by atoms with van der Waals surface area (Å²) in [6, 6.07) is 13.5. The Morgan fingerprint density at radius 1 is 1.15 bits per heavy atom. The second-order valence-electron chi connectivity index (χ2n) is 4.49. The van der Waals surface area contributed by atoms with E-state index in [1.807, 2.05) is 13.0 Å². The Hall–Kier alpha value is -2.07. The molecule has 20 heavy (non-hydrogen) atoms. The zero-order valence-electron chi connectivity index (χ0n) is 11.2. The molecular formula is C16H16O3S. The first-order chi connectivity index (χ1) is 9.51. The van der Waals surface area contributed by atoms with Crippen LogP contribution in [0.4, 0.5) is 0 Å². The monoisotopic (exact) mass is 288 g/mol. The minimum absolute atomic E-state index is 0.150. The first-order valence-electron chi connectivity index (χ1n) is 6.22. The predicted octanol–water partition coefficient (Wildman–Crippen LogP) is 3.49. The molecule has 0 aromatic heterocycles. The van der Waals surface area contributed by atoms with Crippen molar-refractivity contribution in [2.45, 2.75) is 18.2 Å². The second kappa shape index (κ2) is 5.92. The first-order valence-corrected chi connectivity index (χ1v) is 7.63. The zero-order valence-corrected chi connectivity index (χ0v) is 12.1. The molecule has 0 aliphatic carbocycles. The van der Waals surface area contributed by atoms with Gasteiger partial charge in [0.1, 0.15) is 10.6 Å². The standard InChI is InChI=1S/C16H16O3S/c1-3-5-14-6-4-7-15(12-14)19-20(17,18)16-10-8-13(2)9-11-16/h3-4,6-12H,1,5H2,2H3. The number of allylic oxidation sites excluding steroid dienone is 1. The van der Waals surface area contributed by atoms with Gasteiger partial charge in [0.15, 0.2) is 0 Å². The molecule has 0 N–H and O–H groups in total. The fraction of sp³-hybridized carbons (Fsp3) is 0.125. The van der Waals surface area contributed by atoms with E-state index in [2.05, 4.69) is 6.58 Å². The number of rotatable bonds is 5. The Labute approximate surface area is 119 Å². The molecular weight excluding hydrogens is 272 g/mol. The molecule has 0 saturated heterocycles. The lowest BCUT2D eigenvalue weighted by Gasteiger charge is -2.08. The van der Waals surface area contributed by atoms with E-state index < -0.39 is 10.1 Å². The van der Waals surface area contributed by atoms with Crippen molar-refractivity contribution in [2.75, 3.05) is 0 Å². The van der Waals surface area contributed by atoms with E-state index in [0.29, 0.717) is 12.2 Å². The van der Waals surface area contributed by atoms with Gasteiger partial charge in [0.2, 0.25) is 0 Å². The van der Waals surface area contributed by atoms with Crippen molar-refractivity contribution in [3.8, 4) is 5.75 Å². The molecule has 0 amide bonds. The molecule has 0 spiro atoms. The van der Waals surface area contributed by atoms with Gasteiger partial charge in [-0.1, -0.05) is 35.9 Å². The summed E-state index contributed by atoms with van der Waals surface area (Å²) in [5.41, 5.74) is 1.95. The quantitative estimate of drug-likeness (QED) is 0.625. The highest BCUT2D eigenvalue weighted by atomic mass is 32.2. The lowest BCUT2D eigenvalue weighted by atomic mass is 10.1. The van der Waals surface area contributed by atoms with E-state index >= 15 is 0 Å². The summed E-state index contributed by atoms with van der Waals surface area (Å²) in [7, 11) is -3.79. The Balaban J connectivity index is 2.26. The van der Waals surface area contributed by atoms with Gasteiger partial charge in [-0.3, -0.25) is 0 Å². The minimum atomic E-state index is -3.79. The smallest absolute Gasteiger partial charge is 0.339 e. The molecule has 0 fully saturated rings. The van der Waals surface area contributed by atoms with Gasteiger partial charge in [0.05, 0.1) is 0 Å². The van der Waals surface area contributed by atoms with Crippen LogP contribution in [0.1, 0.15) is 11.1 Å². The largest absolute Gasteiger partial charge is 0.379 e. The van der Waals surface area contributed by atoms with Gasteiger partial charge in [0.25, 0.3) is 0 Å². The average Bonchev–Trinajstić information content (AvgIpc) is 2.39. The van der Waals surface area contributed by atoms with Gasteiger partial charge >= 0.3 is 10.1 Å². The molecule has 104 valence electrons. The number of aryl methyl sites for hydroxylation is 1. The fourth-order valence-electron chi connectivity index (χ4n) is 1.77. The third kappa shape index (κ3) is 3.48. The Kier molecular flexibility index (Phi) is 4.25. The molecule has 0 aliphatic rings. The fourth-order valence-corrected chi connectivity index (χ4v) is 2.69. The van der Waals surface area contributed by atoms with E-state index in [-0.39, 0.29) is 4.90 Å². The maximum absolute atomic E-state index is 12.1. The van der Waals surface area contributed by atoms with Gasteiger partial charge in [0, 0.05) is 0 Å². The van der Waals surface area contributed by atoms with Gasteiger partial charge in [-0.05, 0) is 43.2 Å². The number of hydrogen-bond acceptors (Lipinski definition) is 3. The molecule has 0 atom stereocenters. The summed E-state index contributed by atoms with van der Waals surface area (Å²) in [5.74, 6) is 0.310. The summed E-state index contributed by atoms with van der Waals surface area (Å²) in [6.07, 6.45) is 2.43. The van der Waals surface area contributed by atoms with Crippen molar-refractivity contribution in [1.29, 1.82) is 0 Å². The normalized spacial score (nSPS) is 11.1. The Morgan fingerprint density at radius 2 is 1.85 bits per heavy atom. The van der Waals surface area contributed by atoms with Gasteiger partial charge < -0.3 is 4.18 Å². The van der Waals surface area contributed by atoms with Crippen molar-refractivity contribution in [3.63, 3.8) is 0 Å². The molecule has 0 aliphatic heterocycles. The van der Waals surface area contributed by atoms with Gasteiger partial charge in [-0.15, -0.1) is 6.58 Å². The van der Waals surface area contributed by atoms with Crippen LogP contribution in [0.25, 0.3) is 0 Å². The van der Waals surface area contributed by atoms with Crippen LogP contribution in [-0.4, -0.2) is 8.42 Å². The zero-order chi connectivity index (χ0) is 14.6. The van der Waals surface area contributed by atoms with Crippen LogP contribution >= 0.6 is 0 Å². The highest BCUT2D eigenvalue weighted by Gasteiger charge is 2.16. The summed E-state index contributed by atoms with van der Waals surface area (Å²) in [4.78, 5) is 0.150. The van der Waals surface area contributed by atoms with E-state index in [4.69, 9.17) is 4.18 Å². The lowest BCUT2D eigenvalue weighted by molar-refractivity contribution is 0.486. The van der Waals surface area contributed by atoms with Crippen LogP contribution in [-0.2, 0) is 16.5 Å². The molecule has 2 aromatic carbocycles. The van der Waals surface area contributed by atoms with Crippen molar-refractivity contribution in [3.05, 3.63) is 72.3 Å². The predicted molar refractivity (Wildman–Crippen MR) is 79.3 cm³/mol. The number of hydrogen-bond donors (Lipinski definition) is 0. The van der Waals surface area contributed by atoms with Gasteiger partial charge in [-0.2, -0.15) is 8.42 Å². The van der Waals surface area contributed by atoms with Crippen LogP contribution < -0.4 is 4.18 Å². The SMILES string of the molecule is C=CCc1cccc(OS(=O)(=O)c2ccc(C)cc2)c1. The van der Waals surface area contributed by atoms with E-state index in [9.17, 15) is 8.42 Å². The molecule has 0 bridgehead atoms. The summed E-state index contributed by atoms with van der Waals surface area (Å²) < 4.78 is 29.4. The van der Waals surface area contributed by atoms with Crippen LogP contribution in [0, 0.1) is 6.92 Å². The Bertz CT molecular complexity index is 701. The molecule has 0 radical (unpaired) electrons. The topological polar surface area (TPSA) is 43.4 Å². The van der Waals surface area contributed by atoms with Crippen molar-refractivity contribution in [2.24, 2.45) is 0 Å². The van der Waals surface area contributed by atoms with Crippen molar-refractivity contribution in [1.82, 2.24) is 0 Å². The highest BCUT2D eigenvalue weighted by Crippen LogP contribution is 2.20. The molecule has 4 heteroatoms. The van der Waals surface area contributed by atoms with Crippen LogP contribution in [0.3, 0.4) is 0 Å². The van der Waals surface area contributed by atoms with E-state index in [1.165, 1.54) is 12.1 Å². The molecule has 2 aromatic rings. The van der Waals surface area contributed by atoms with Crippen LogP contribution in [0.15, 0.2) is 66.1 Å². The maximum Gasteiger partial charge on any atom is 0.339 e. The first kappa shape index (κ1) is 14.3. The average molecular weight is 288 g/mol. The summed E-state index contributed by atoms with van der Waals surface area (Å²) >= 11 is 0. The van der Waals surface area contributed by atoms with Gasteiger partial charge in [-0.25, -0.2) is 0 Å². The Morgan fingerprint density at radius 3 is 2.50 bits per heavy atom.